The number of nitrogens with zero attached hydrogens (tertiary/aromatic N) is 2. The summed E-state index contributed by atoms with van der Waals surface area (Å²) in [5.41, 5.74) is 1.30. The van der Waals surface area contributed by atoms with Crippen LogP contribution in [-0.2, 0) is 11.2 Å². The van der Waals surface area contributed by atoms with Gasteiger partial charge in [-0.25, -0.2) is 0 Å². The summed E-state index contributed by atoms with van der Waals surface area (Å²) in [5.74, 6) is 1.37. The standard InChI is InChI=1S/C13H15N3OS2/c1-10-15-16-13(19-10)14-12(17)9-18-8-7-11-5-3-2-4-6-11/h2-6H,7-9H2,1H3,(H,14,16,17). The molecule has 0 aliphatic carbocycles. The molecule has 0 spiro atoms. The minimum atomic E-state index is -0.0192. The van der Waals surface area contributed by atoms with Crippen molar-refractivity contribution in [1.29, 1.82) is 0 Å². The lowest BCUT2D eigenvalue weighted by atomic mass is 10.2. The van der Waals surface area contributed by atoms with Crippen molar-refractivity contribution in [3.05, 3.63) is 40.9 Å². The molecule has 1 N–H and O–H groups in total. The van der Waals surface area contributed by atoms with Gasteiger partial charge in [0, 0.05) is 0 Å². The molecule has 1 aromatic carbocycles. The summed E-state index contributed by atoms with van der Waals surface area (Å²) in [6.07, 6.45) is 0.983. The lowest BCUT2D eigenvalue weighted by molar-refractivity contribution is -0.113. The summed E-state index contributed by atoms with van der Waals surface area (Å²) in [6.45, 7) is 1.86. The fraction of sp³-hybridized carbons (Fsp3) is 0.308. The van der Waals surface area contributed by atoms with Crippen molar-refractivity contribution in [2.24, 2.45) is 0 Å². The molecular formula is C13H15N3OS2. The van der Waals surface area contributed by atoms with E-state index < -0.39 is 0 Å². The van der Waals surface area contributed by atoms with Gasteiger partial charge >= 0.3 is 0 Å². The molecule has 6 heteroatoms. The highest BCUT2D eigenvalue weighted by molar-refractivity contribution is 7.99. The maximum absolute atomic E-state index is 11.6. The van der Waals surface area contributed by atoms with Crippen molar-refractivity contribution in [2.75, 3.05) is 16.8 Å². The number of thioether (sulfide) groups is 1. The minimum Gasteiger partial charge on any atom is -0.300 e. The van der Waals surface area contributed by atoms with Crippen LogP contribution >= 0.6 is 23.1 Å². The van der Waals surface area contributed by atoms with Crippen LogP contribution in [0.25, 0.3) is 0 Å². The topological polar surface area (TPSA) is 54.9 Å². The van der Waals surface area contributed by atoms with Gasteiger partial charge in [0.1, 0.15) is 5.01 Å². The number of hydrogen-bond donors (Lipinski definition) is 1. The highest BCUT2D eigenvalue weighted by Gasteiger charge is 2.06. The van der Waals surface area contributed by atoms with Crippen LogP contribution in [0.3, 0.4) is 0 Å². The molecule has 0 unspecified atom stereocenters. The molecule has 1 amide bonds. The maximum Gasteiger partial charge on any atom is 0.236 e. The van der Waals surface area contributed by atoms with Crippen LogP contribution < -0.4 is 5.32 Å². The number of carbonyl (C=O) groups is 1. The van der Waals surface area contributed by atoms with E-state index in [4.69, 9.17) is 0 Å². The Morgan fingerprint density at radius 3 is 2.79 bits per heavy atom. The van der Waals surface area contributed by atoms with Crippen LogP contribution in [-0.4, -0.2) is 27.6 Å². The van der Waals surface area contributed by atoms with Gasteiger partial charge in [-0.1, -0.05) is 41.7 Å². The van der Waals surface area contributed by atoms with E-state index in [2.05, 4.69) is 27.6 Å². The largest absolute Gasteiger partial charge is 0.300 e. The average Bonchev–Trinajstić information content (AvgIpc) is 2.81. The van der Waals surface area contributed by atoms with E-state index in [1.54, 1.807) is 11.8 Å². The molecule has 0 bridgehead atoms. The molecule has 2 aromatic rings. The van der Waals surface area contributed by atoms with Crippen LogP contribution in [0.2, 0.25) is 0 Å². The Balaban J connectivity index is 1.64. The first-order valence-electron chi connectivity index (χ1n) is 5.95. The van der Waals surface area contributed by atoms with Crippen LogP contribution in [0.15, 0.2) is 30.3 Å². The van der Waals surface area contributed by atoms with Gasteiger partial charge in [0.25, 0.3) is 0 Å². The molecular weight excluding hydrogens is 278 g/mol. The van der Waals surface area contributed by atoms with Gasteiger partial charge in [-0.15, -0.1) is 10.2 Å². The Bertz CT molecular complexity index is 528. The second kappa shape index (κ2) is 7.25. The van der Waals surface area contributed by atoms with Gasteiger partial charge in [-0.3, -0.25) is 10.1 Å². The molecule has 1 aromatic heterocycles. The summed E-state index contributed by atoms with van der Waals surface area (Å²) < 4.78 is 0. The predicted octanol–water partition coefficient (Wildman–Crippen LogP) is 2.76. The van der Waals surface area contributed by atoms with Crippen molar-refractivity contribution in [1.82, 2.24) is 10.2 Å². The van der Waals surface area contributed by atoms with Gasteiger partial charge < -0.3 is 0 Å². The molecule has 4 nitrogen and oxygen atoms in total. The molecule has 2 rings (SSSR count). The molecule has 0 saturated carbocycles. The number of amides is 1. The zero-order valence-electron chi connectivity index (χ0n) is 10.6. The molecule has 0 radical (unpaired) electrons. The van der Waals surface area contributed by atoms with Crippen LogP contribution in [0, 0.1) is 6.92 Å². The van der Waals surface area contributed by atoms with E-state index in [0.29, 0.717) is 10.9 Å². The average molecular weight is 293 g/mol. The fourth-order valence-corrected chi connectivity index (χ4v) is 2.89. The lowest BCUT2D eigenvalue weighted by Gasteiger charge is -2.02. The van der Waals surface area contributed by atoms with E-state index >= 15 is 0 Å². The third-order valence-electron chi connectivity index (χ3n) is 2.38. The molecule has 0 aliphatic heterocycles. The highest BCUT2D eigenvalue weighted by atomic mass is 32.2. The SMILES string of the molecule is Cc1nnc(NC(=O)CSCCc2ccccc2)s1. The summed E-state index contributed by atoms with van der Waals surface area (Å²) in [7, 11) is 0. The third-order valence-corrected chi connectivity index (χ3v) is 4.10. The van der Waals surface area contributed by atoms with Gasteiger partial charge in [-0.05, 0) is 24.7 Å². The van der Waals surface area contributed by atoms with Crippen molar-refractivity contribution in [3.8, 4) is 0 Å². The van der Waals surface area contributed by atoms with Gasteiger partial charge in [-0.2, -0.15) is 11.8 Å². The fourth-order valence-electron chi connectivity index (χ4n) is 1.50. The van der Waals surface area contributed by atoms with E-state index in [0.717, 1.165) is 17.2 Å². The van der Waals surface area contributed by atoms with Crippen molar-refractivity contribution >= 4 is 34.1 Å². The van der Waals surface area contributed by atoms with Crippen LogP contribution in [0.5, 0.6) is 0 Å². The van der Waals surface area contributed by atoms with Crippen molar-refractivity contribution < 1.29 is 4.79 Å². The quantitative estimate of drug-likeness (QED) is 0.832. The summed E-state index contributed by atoms with van der Waals surface area (Å²) >= 11 is 3.02. The third kappa shape index (κ3) is 5.00. The summed E-state index contributed by atoms with van der Waals surface area (Å²) in [4.78, 5) is 11.6. The minimum absolute atomic E-state index is 0.0192. The first kappa shape index (κ1) is 14.0. The Kier molecular flexibility index (Phi) is 5.35. The number of nitrogens with one attached hydrogen (secondary N) is 1. The first-order chi connectivity index (χ1) is 9.24. The lowest BCUT2D eigenvalue weighted by Crippen LogP contribution is -2.14. The second-order valence-electron chi connectivity index (χ2n) is 3.96. The van der Waals surface area contributed by atoms with Gasteiger partial charge in [0.2, 0.25) is 11.0 Å². The second-order valence-corrected chi connectivity index (χ2v) is 6.25. The Hall–Kier alpha value is -1.40. The normalized spacial score (nSPS) is 10.4. The van der Waals surface area contributed by atoms with Crippen LogP contribution in [0.1, 0.15) is 10.6 Å². The number of aromatic nitrogens is 2. The molecule has 0 aliphatic rings. The number of carbonyl (C=O) groups excluding carboxylic acids is 1. The van der Waals surface area contributed by atoms with Crippen molar-refractivity contribution in [3.63, 3.8) is 0 Å². The van der Waals surface area contributed by atoms with E-state index in [9.17, 15) is 4.79 Å². The maximum atomic E-state index is 11.6. The highest BCUT2D eigenvalue weighted by Crippen LogP contribution is 2.14. The number of rotatable bonds is 6. The smallest absolute Gasteiger partial charge is 0.236 e. The zero-order valence-corrected chi connectivity index (χ0v) is 12.3. The number of anilines is 1. The van der Waals surface area contributed by atoms with E-state index in [-0.39, 0.29) is 5.91 Å². The molecule has 1 heterocycles. The van der Waals surface area contributed by atoms with Gasteiger partial charge in [0.05, 0.1) is 5.75 Å². The monoisotopic (exact) mass is 293 g/mol. The summed E-state index contributed by atoms with van der Waals surface area (Å²) in [5, 5.41) is 11.9. The van der Waals surface area contributed by atoms with Crippen molar-refractivity contribution in [2.45, 2.75) is 13.3 Å². The molecule has 0 fully saturated rings. The Labute approximate surface area is 120 Å². The first-order valence-corrected chi connectivity index (χ1v) is 7.93. The number of hydrogen-bond acceptors (Lipinski definition) is 5. The van der Waals surface area contributed by atoms with E-state index in [1.165, 1.54) is 16.9 Å². The molecule has 0 saturated heterocycles. The Morgan fingerprint density at radius 2 is 2.11 bits per heavy atom. The summed E-state index contributed by atoms with van der Waals surface area (Å²) in [6, 6.07) is 10.3. The zero-order chi connectivity index (χ0) is 13.5. The predicted molar refractivity (Wildman–Crippen MR) is 80.7 cm³/mol. The van der Waals surface area contributed by atoms with Gasteiger partial charge in [0.15, 0.2) is 0 Å². The van der Waals surface area contributed by atoms with Crippen LogP contribution in [0.4, 0.5) is 5.13 Å². The Morgan fingerprint density at radius 1 is 1.32 bits per heavy atom. The number of aryl methyl sites for hydroxylation is 2. The molecule has 100 valence electrons. The molecule has 0 atom stereocenters. The van der Waals surface area contributed by atoms with E-state index in [1.807, 2.05) is 25.1 Å². The molecule has 19 heavy (non-hydrogen) atoms. The number of benzene rings is 1.